The largest absolute Gasteiger partial charge is 0.380 e. The maximum Gasteiger partial charge on any atom is 0.245 e. The second-order valence-corrected chi connectivity index (χ2v) is 16.1. The first-order valence-electron chi connectivity index (χ1n) is 18.5. The van der Waals surface area contributed by atoms with Gasteiger partial charge in [0.15, 0.2) is 0 Å². The molecule has 1 aliphatic heterocycles. The molecule has 1 unspecified atom stereocenters. The normalized spacial score (nSPS) is 21.9. The summed E-state index contributed by atoms with van der Waals surface area (Å²) in [6.07, 6.45) is 0.474. The number of carbonyl (C=O) groups is 4. The van der Waals surface area contributed by atoms with Crippen LogP contribution in [0.1, 0.15) is 79.5 Å². The van der Waals surface area contributed by atoms with Crippen LogP contribution in [-0.4, -0.2) is 124 Å². The molecule has 0 radical (unpaired) electrons. The molecule has 0 saturated carbocycles. The zero-order chi connectivity index (χ0) is 38.6. The Morgan fingerprint density at radius 1 is 1.02 bits per heavy atom. The second-order valence-electron chi connectivity index (χ2n) is 15.0. The quantitative estimate of drug-likeness (QED) is 0.174. The molecule has 0 spiro atoms. The Balaban J connectivity index is 2.34. The van der Waals surface area contributed by atoms with Gasteiger partial charge in [0.1, 0.15) is 6.04 Å². The molecule has 292 valence electrons. The van der Waals surface area contributed by atoms with E-state index >= 15 is 0 Å². The van der Waals surface area contributed by atoms with Gasteiger partial charge in [-0.1, -0.05) is 61.0 Å². The molecular formula is C38H67N5O7S. The molecular weight excluding hydrogens is 671 g/mol. The van der Waals surface area contributed by atoms with E-state index < -0.39 is 41.8 Å². The molecule has 2 heterocycles. The molecule has 0 bridgehead atoms. The van der Waals surface area contributed by atoms with Crippen LogP contribution in [0.25, 0.3) is 0 Å². The number of amides is 4. The highest BCUT2D eigenvalue weighted by Crippen LogP contribution is 2.39. The van der Waals surface area contributed by atoms with Gasteiger partial charge in [0.2, 0.25) is 23.6 Å². The van der Waals surface area contributed by atoms with Gasteiger partial charge in [0.25, 0.3) is 0 Å². The Labute approximate surface area is 311 Å². The summed E-state index contributed by atoms with van der Waals surface area (Å²) in [4.78, 5) is 59.9. The Morgan fingerprint density at radius 3 is 2.16 bits per heavy atom. The lowest BCUT2D eigenvalue weighted by Gasteiger charge is -2.44. The molecule has 1 aromatic heterocycles. The van der Waals surface area contributed by atoms with E-state index in [1.165, 1.54) is 4.88 Å². The fourth-order valence-electron chi connectivity index (χ4n) is 7.68. The van der Waals surface area contributed by atoms with Gasteiger partial charge in [-0.15, -0.1) is 11.3 Å². The monoisotopic (exact) mass is 737 g/mol. The highest BCUT2D eigenvalue weighted by Gasteiger charge is 2.53. The number of hydrogen-bond acceptors (Lipinski definition) is 9. The average Bonchev–Trinajstić information content (AvgIpc) is 3.74. The second kappa shape index (κ2) is 20.6. The van der Waals surface area contributed by atoms with E-state index in [0.717, 1.165) is 12.8 Å². The third kappa shape index (κ3) is 11.2. The molecule has 0 aromatic carbocycles. The minimum Gasteiger partial charge on any atom is -0.380 e. The maximum absolute atomic E-state index is 14.4. The number of nitrogens with one attached hydrogen (secondary N) is 3. The molecule has 13 heteroatoms. The molecule has 1 aliphatic rings. The Hall–Kier alpha value is -2.58. The van der Waals surface area contributed by atoms with Crippen molar-refractivity contribution in [3.05, 3.63) is 22.4 Å². The van der Waals surface area contributed by atoms with Gasteiger partial charge in [0, 0.05) is 52.8 Å². The van der Waals surface area contributed by atoms with Crippen molar-refractivity contribution >= 4 is 35.0 Å². The Morgan fingerprint density at radius 2 is 1.67 bits per heavy atom. The van der Waals surface area contributed by atoms with Gasteiger partial charge in [-0.05, 0) is 49.6 Å². The van der Waals surface area contributed by atoms with Gasteiger partial charge >= 0.3 is 0 Å². The first-order valence-corrected chi connectivity index (χ1v) is 19.3. The fraction of sp³-hybridized carbons (Fsp3) is 0.789. The highest BCUT2D eigenvalue weighted by atomic mass is 32.1. The topological polar surface area (TPSA) is 139 Å². The Bertz CT molecular complexity index is 1250. The zero-order valence-electron chi connectivity index (χ0n) is 33.4. The zero-order valence-corrected chi connectivity index (χ0v) is 34.2. The number of hydrogen-bond donors (Lipinski definition) is 3. The molecule has 4 amide bonds. The van der Waals surface area contributed by atoms with Crippen LogP contribution in [0, 0.1) is 23.7 Å². The van der Waals surface area contributed by atoms with Gasteiger partial charge in [-0.2, -0.15) is 0 Å². The van der Waals surface area contributed by atoms with E-state index in [-0.39, 0.29) is 53.9 Å². The molecule has 12 nitrogen and oxygen atoms in total. The van der Waals surface area contributed by atoms with Crippen LogP contribution in [-0.2, 0) is 39.8 Å². The number of ether oxygens (including phenoxy) is 3. The van der Waals surface area contributed by atoms with Crippen LogP contribution < -0.4 is 16.0 Å². The summed E-state index contributed by atoms with van der Waals surface area (Å²) in [5.74, 6) is -1.49. The van der Waals surface area contributed by atoms with Crippen molar-refractivity contribution in [2.24, 2.45) is 23.7 Å². The number of thiophene rings is 1. The average molecular weight is 738 g/mol. The van der Waals surface area contributed by atoms with Crippen molar-refractivity contribution in [2.75, 3.05) is 48.5 Å². The summed E-state index contributed by atoms with van der Waals surface area (Å²) in [6, 6.07) is 2.38. The lowest BCUT2D eigenvalue weighted by atomic mass is 9.82. The number of carbonyl (C=O) groups excluding carboxylic acids is 4. The SMILES string of the molecule is CCC(C)[C@@H]([C@@H](CC(=O)N1C[C@H](OC)C[C@@]1(C)[C@H](OC)[C@@H](C)C(=O)NCCc1cccs1)OC)N(C)C(=O)[C@@H](NC(=O)[C@@H](NC)C(C)C)C(C)C. The van der Waals surface area contributed by atoms with Crippen LogP contribution in [0.3, 0.4) is 0 Å². The molecule has 0 aliphatic carbocycles. The van der Waals surface area contributed by atoms with E-state index in [4.69, 9.17) is 14.2 Å². The predicted molar refractivity (Wildman–Crippen MR) is 202 cm³/mol. The van der Waals surface area contributed by atoms with Gasteiger partial charge in [-0.3, -0.25) is 19.2 Å². The van der Waals surface area contributed by atoms with E-state index in [1.807, 2.05) is 72.9 Å². The standard InChI is InChI=1S/C38H67N5O7S/c1-14-25(6)33(42(10)37(47)32(24(4)5)41-36(46)31(39-9)23(2)3)29(49-12)20-30(44)43-22-27(48-11)21-38(43,8)34(50-13)26(7)35(45)40-18-17-28-16-15-19-51-28/h15-16,19,23-27,29,31-34,39H,14,17-18,20-22H2,1-13H3,(H,40,45)(H,41,46)/t25?,26-,27-,29-,31+,32+,33+,34-,38+/m1/s1. The first-order chi connectivity index (χ1) is 24.0. The summed E-state index contributed by atoms with van der Waals surface area (Å²) in [6.45, 7) is 16.5. The van der Waals surface area contributed by atoms with Crippen molar-refractivity contribution in [3.8, 4) is 0 Å². The van der Waals surface area contributed by atoms with Crippen LogP contribution in [0.15, 0.2) is 17.5 Å². The number of rotatable bonds is 21. The summed E-state index contributed by atoms with van der Waals surface area (Å²) in [7, 11) is 8.24. The van der Waals surface area contributed by atoms with E-state index in [1.54, 1.807) is 56.6 Å². The molecule has 1 fully saturated rings. The number of methoxy groups -OCH3 is 3. The van der Waals surface area contributed by atoms with E-state index in [9.17, 15) is 19.2 Å². The molecule has 51 heavy (non-hydrogen) atoms. The third-order valence-electron chi connectivity index (χ3n) is 10.8. The Kier molecular flexibility index (Phi) is 18.0. The predicted octanol–water partition coefficient (Wildman–Crippen LogP) is 3.73. The van der Waals surface area contributed by atoms with Crippen molar-refractivity contribution in [1.82, 2.24) is 25.8 Å². The first kappa shape index (κ1) is 44.6. The minimum atomic E-state index is -0.851. The molecule has 3 N–H and O–H groups in total. The third-order valence-corrected chi connectivity index (χ3v) is 11.8. The minimum absolute atomic E-state index is 0.000852. The smallest absolute Gasteiger partial charge is 0.245 e. The fourth-order valence-corrected chi connectivity index (χ4v) is 8.38. The highest BCUT2D eigenvalue weighted by molar-refractivity contribution is 7.09. The summed E-state index contributed by atoms with van der Waals surface area (Å²) >= 11 is 1.66. The number of likely N-dealkylation sites (N-methyl/N-ethyl adjacent to an activating group) is 2. The lowest BCUT2D eigenvalue weighted by molar-refractivity contribution is -0.152. The van der Waals surface area contributed by atoms with Crippen LogP contribution >= 0.6 is 11.3 Å². The van der Waals surface area contributed by atoms with Gasteiger partial charge in [0.05, 0.1) is 48.3 Å². The van der Waals surface area contributed by atoms with Crippen molar-refractivity contribution in [3.63, 3.8) is 0 Å². The molecule has 1 saturated heterocycles. The summed E-state index contributed by atoms with van der Waals surface area (Å²) < 4.78 is 17.9. The van der Waals surface area contributed by atoms with Crippen molar-refractivity contribution < 1.29 is 33.4 Å². The number of nitrogens with zero attached hydrogens (tertiary/aromatic N) is 2. The lowest BCUT2D eigenvalue weighted by Crippen LogP contribution is -2.60. The number of likely N-dealkylation sites (tertiary alicyclic amines) is 1. The van der Waals surface area contributed by atoms with Crippen LogP contribution in [0.5, 0.6) is 0 Å². The molecule has 9 atom stereocenters. The maximum atomic E-state index is 14.4. The molecule has 2 rings (SSSR count). The van der Waals surface area contributed by atoms with Gasteiger partial charge < -0.3 is 40.0 Å². The van der Waals surface area contributed by atoms with Crippen LogP contribution in [0.2, 0.25) is 0 Å². The van der Waals surface area contributed by atoms with Crippen molar-refractivity contribution in [2.45, 2.75) is 123 Å². The van der Waals surface area contributed by atoms with Crippen LogP contribution in [0.4, 0.5) is 0 Å². The van der Waals surface area contributed by atoms with Gasteiger partial charge in [-0.25, -0.2) is 0 Å². The summed E-state index contributed by atoms with van der Waals surface area (Å²) in [5.41, 5.74) is -0.851. The summed E-state index contributed by atoms with van der Waals surface area (Å²) in [5, 5.41) is 11.1. The van der Waals surface area contributed by atoms with E-state index in [2.05, 4.69) is 16.0 Å². The molecule has 1 aromatic rings. The van der Waals surface area contributed by atoms with Crippen molar-refractivity contribution in [1.29, 1.82) is 0 Å². The van der Waals surface area contributed by atoms with E-state index in [0.29, 0.717) is 19.5 Å².